The summed E-state index contributed by atoms with van der Waals surface area (Å²) in [4.78, 5) is 25.0. The Kier molecular flexibility index (Phi) is 4.55. The number of carboxylic acid groups (broad SMARTS) is 1. The van der Waals surface area contributed by atoms with Gasteiger partial charge in [-0.25, -0.2) is 4.79 Å². The highest BCUT2D eigenvalue weighted by molar-refractivity contribution is 5.76. The van der Waals surface area contributed by atoms with E-state index in [1.807, 2.05) is 0 Å². The number of piperidine rings is 1. The van der Waals surface area contributed by atoms with Gasteiger partial charge in [-0.15, -0.1) is 0 Å². The van der Waals surface area contributed by atoms with Gasteiger partial charge in [0.2, 0.25) is 0 Å². The number of nitrogens with zero attached hydrogens (tertiary/aromatic N) is 1. The van der Waals surface area contributed by atoms with Crippen LogP contribution in [0.4, 0.5) is 4.79 Å². The average Bonchev–Trinajstić information content (AvgIpc) is 2.68. The van der Waals surface area contributed by atoms with Crippen LogP contribution < -0.4 is 5.32 Å². The lowest BCUT2D eigenvalue weighted by Crippen LogP contribution is -2.51. The van der Waals surface area contributed by atoms with Gasteiger partial charge >= 0.3 is 12.0 Å². The number of nitrogens with one attached hydrogen (secondary N) is 1. The molecule has 0 aromatic heterocycles. The molecular formula is C15H26N2O3. The summed E-state index contributed by atoms with van der Waals surface area (Å²) in [5.74, 6) is -0.823. The highest BCUT2D eigenvalue weighted by atomic mass is 16.4. The number of urea groups is 1. The third kappa shape index (κ3) is 3.87. The standard InChI is InChI=1S/C15H26N2O3/c1-15(2)7-6-11(10-15)16-14(20)17-8-4-3-5-12(17)9-13(18)19/h11-12H,3-10H2,1-2H3,(H,16,20)(H,18,19). The van der Waals surface area contributed by atoms with Crippen molar-refractivity contribution in [1.82, 2.24) is 10.2 Å². The maximum atomic E-state index is 12.4. The van der Waals surface area contributed by atoms with Crippen LogP contribution in [0.3, 0.4) is 0 Å². The molecule has 2 N–H and O–H groups in total. The summed E-state index contributed by atoms with van der Waals surface area (Å²) in [6.45, 7) is 5.14. The van der Waals surface area contributed by atoms with Crippen LogP contribution in [-0.4, -0.2) is 40.6 Å². The van der Waals surface area contributed by atoms with E-state index >= 15 is 0 Å². The fourth-order valence-electron chi connectivity index (χ4n) is 3.50. The smallest absolute Gasteiger partial charge is 0.317 e. The van der Waals surface area contributed by atoms with Crippen LogP contribution in [0.1, 0.15) is 58.8 Å². The van der Waals surface area contributed by atoms with Gasteiger partial charge in [-0.05, 0) is 43.9 Å². The van der Waals surface area contributed by atoms with E-state index < -0.39 is 5.97 Å². The zero-order valence-corrected chi connectivity index (χ0v) is 12.5. The molecule has 2 amide bonds. The quantitative estimate of drug-likeness (QED) is 0.836. The Morgan fingerprint density at radius 3 is 2.65 bits per heavy atom. The molecule has 1 aliphatic carbocycles. The topological polar surface area (TPSA) is 69.6 Å². The Morgan fingerprint density at radius 1 is 1.30 bits per heavy atom. The Labute approximate surface area is 120 Å². The molecule has 0 aromatic carbocycles. The number of amides is 2. The van der Waals surface area contributed by atoms with Crippen LogP contribution in [0.5, 0.6) is 0 Å². The Bertz CT molecular complexity index is 381. The van der Waals surface area contributed by atoms with Crippen LogP contribution >= 0.6 is 0 Å². The summed E-state index contributed by atoms with van der Waals surface area (Å²) in [7, 11) is 0. The molecule has 1 saturated carbocycles. The number of rotatable bonds is 3. The SMILES string of the molecule is CC1(C)CCC(NC(=O)N2CCCCC2CC(=O)O)C1. The number of hydrogen-bond acceptors (Lipinski definition) is 2. The molecule has 0 radical (unpaired) electrons. The second-order valence-electron chi connectivity index (χ2n) is 6.99. The molecule has 2 fully saturated rings. The van der Waals surface area contributed by atoms with E-state index in [-0.39, 0.29) is 24.5 Å². The molecule has 2 atom stereocenters. The molecule has 2 rings (SSSR count). The fourth-order valence-corrected chi connectivity index (χ4v) is 3.50. The lowest BCUT2D eigenvalue weighted by Gasteiger charge is -2.35. The maximum Gasteiger partial charge on any atom is 0.317 e. The van der Waals surface area contributed by atoms with Gasteiger partial charge in [0.1, 0.15) is 0 Å². The third-order valence-electron chi connectivity index (χ3n) is 4.59. The fraction of sp³-hybridized carbons (Fsp3) is 0.867. The van der Waals surface area contributed by atoms with E-state index in [0.29, 0.717) is 12.0 Å². The zero-order chi connectivity index (χ0) is 14.8. The van der Waals surface area contributed by atoms with E-state index in [0.717, 1.165) is 38.5 Å². The van der Waals surface area contributed by atoms with Crippen molar-refractivity contribution in [3.05, 3.63) is 0 Å². The number of carbonyl (C=O) groups excluding carboxylic acids is 1. The molecule has 1 heterocycles. The minimum Gasteiger partial charge on any atom is -0.481 e. The highest BCUT2D eigenvalue weighted by Gasteiger charge is 2.34. The van der Waals surface area contributed by atoms with Gasteiger partial charge in [0.15, 0.2) is 0 Å². The summed E-state index contributed by atoms with van der Waals surface area (Å²) >= 11 is 0. The number of hydrogen-bond donors (Lipinski definition) is 2. The molecule has 0 aromatic rings. The number of carbonyl (C=O) groups is 2. The predicted molar refractivity (Wildman–Crippen MR) is 76.5 cm³/mol. The van der Waals surface area contributed by atoms with Crippen molar-refractivity contribution in [3.8, 4) is 0 Å². The summed E-state index contributed by atoms with van der Waals surface area (Å²) in [6.07, 6.45) is 6.01. The molecule has 0 bridgehead atoms. The molecule has 1 saturated heterocycles. The number of likely N-dealkylation sites (tertiary alicyclic amines) is 1. The molecule has 0 spiro atoms. The zero-order valence-electron chi connectivity index (χ0n) is 12.5. The summed E-state index contributed by atoms with van der Waals surface area (Å²) in [5, 5.41) is 12.1. The van der Waals surface area contributed by atoms with Crippen LogP contribution in [-0.2, 0) is 4.79 Å². The monoisotopic (exact) mass is 282 g/mol. The third-order valence-corrected chi connectivity index (χ3v) is 4.59. The van der Waals surface area contributed by atoms with Gasteiger partial charge in [0.25, 0.3) is 0 Å². The molecule has 20 heavy (non-hydrogen) atoms. The van der Waals surface area contributed by atoms with Gasteiger partial charge in [0.05, 0.1) is 6.42 Å². The molecule has 5 nitrogen and oxygen atoms in total. The predicted octanol–water partition coefficient (Wildman–Crippen LogP) is 2.60. The lowest BCUT2D eigenvalue weighted by atomic mass is 9.92. The normalized spacial score (nSPS) is 29.2. The Morgan fingerprint density at radius 2 is 2.05 bits per heavy atom. The first-order valence-electron chi connectivity index (χ1n) is 7.66. The summed E-state index contributed by atoms with van der Waals surface area (Å²) < 4.78 is 0. The van der Waals surface area contributed by atoms with Gasteiger partial charge < -0.3 is 15.3 Å². The van der Waals surface area contributed by atoms with E-state index in [4.69, 9.17) is 5.11 Å². The lowest BCUT2D eigenvalue weighted by molar-refractivity contribution is -0.138. The van der Waals surface area contributed by atoms with E-state index in [9.17, 15) is 9.59 Å². The highest BCUT2D eigenvalue weighted by Crippen LogP contribution is 2.37. The first-order chi connectivity index (χ1) is 9.37. The van der Waals surface area contributed by atoms with Crippen LogP contribution in [0, 0.1) is 5.41 Å². The molecule has 2 unspecified atom stereocenters. The van der Waals surface area contributed by atoms with E-state index in [2.05, 4.69) is 19.2 Å². The minimum absolute atomic E-state index is 0.0591. The van der Waals surface area contributed by atoms with Crippen molar-refractivity contribution in [2.75, 3.05) is 6.54 Å². The Balaban J connectivity index is 1.91. The van der Waals surface area contributed by atoms with Crippen LogP contribution in [0.2, 0.25) is 0 Å². The average molecular weight is 282 g/mol. The first kappa shape index (κ1) is 15.1. The van der Waals surface area contributed by atoms with Crippen molar-refractivity contribution in [2.24, 2.45) is 5.41 Å². The van der Waals surface area contributed by atoms with Crippen molar-refractivity contribution >= 4 is 12.0 Å². The second-order valence-corrected chi connectivity index (χ2v) is 6.99. The van der Waals surface area contributed by atoms with Gasteiger partial charge in [-0.2, -0.15) is 0 Å². The summed E-state index contributed by atoms with van der Waals surface area (Å²) in [5.41, 5.74) is 0.306. The van der Waals surface area contributed by atoms with Gasteiger partial charge in [0, 0.05) is 18.6 Å². The molecule has 1 aliphatic heterocycles. The van der Waals surface area contributed by atoms with Crippen molar-refractivity contribution in [1.29, 1.82) is 0 Å². The summed E-state index contributed by atoms with van der Waals surface area (Å²) in [6, 6.07) is 0.0271. The van der Waals surface area contributed by atoms with Gasteiger partial charge in [-0.1, -0.05) is 13.8 Å². The second kappa shape index (κ2) is 6.02. The van der Waals surface area contributed by atoms with E-state index in [1.54, 1.807) is 4.90 Å². The first-order valence-corrected chi connectivity index (χ1v) is 7.66. The molecular weight excluding hydrogens is 256 g/mol. The number of aliphatic carboxylic acids is 1. The van der Waals surface area contributed by atoms with Crippen molar-refractivity contribution in [2.45, 2.75) is 70.9 Å². The Hall–Kier alpha value is -1.26. The van der Waals surface area contributed by atoms with Crippen molar-refractivity contribution in [3.63, 3.8) is 0 Å². The van der Waals surface area contributed by atoms with Crippen molar-refractivity contribution < 1.29 is 14.7 Å². The van der Waals surface area contributed by atoms with Crippen LogP contribution in [0.15, 0.2) is 0 Å². The molecule has 2 aliphatic rings. The number of carboxylic acids is 1. The van der Waals surface area contributed by atoms with Gasteiger partial charge in [-0.3, -0.25) is 4.79 Å². The minimum atomic E-state index is -0.823. The molecule has 5 heteroatoms. The molecule has 114 valence electrons. The maximum absolute atomic E-state index is 12.4. The van der Waals surface area contributed by atoms with E-state index in [1.165, 1.54) is 0 Å². The van der Waals surface area contributed by atoms with Crippen LogP contribution in [0.25, 0.3) is 0 Å². The largest absolute Gasteiger partial charge is 0.481 e.